The van der Waals surface area contributed by atoms with Crippen LogP contribution in [0.15, 0.2) is 41.8 Å². The molecule has 0 spiro atoms. The first-order chi connectivity index (χ1) is 11.3. The highest BCUT2D eigenvalue weighted by molar-refractivity contribution is 7.92. The molecule has 0 aliphatic rings. The largest absolute Gasteiger partial charge is 0.274 e. The second-order valence-corrected chi connectivity index (χ2v) is 7.48. The third-order valence-electron chi connectivity index (χ3n) is 3.10. The zero-order chi connectivity index (χ0) is 17.3. The number of nitrogens with zero attached hydrogens (tertiary/aromatic N) is 5. The molecule has 8 nitrogen and oxygen atoms in total. The van der Waals surface area contributed by atoms with Gasteiger partial charge in [-0.3, -0.25) is 4.68 Å². The fourth-order valence-electron chi connectivity index (χ4n) is 1.96. The molecule has 0 amide bonds. The molecule has 126 valence electrons. The minimum absolute atomic E-state index is 0.0297. The van der Waals surface area contributed by atoms with Gasteiger partial charge < -0.3 is 0 Å². The number of hydrogen-bond donors (Lipinski definition) is 1. The minimum Gasteiger partial charge on any atom is -0.274 e. The summed E-state index contributed by atoms with van der Waals surface area (Å²) in [5.74, 6) is -0.0380. The lowest BCUT2D eigenvalue weighted by Gasteiger charge is -2.04. The van der Waals surface area contributed by atoms with E-state index < -0.39 is 10.0 Å². The molecule has 2 heterocycles. The Hall–Kier alpha value is -2.10. The quantitative estimate of drug-likeness (QED) is 0.724. The van der Waals surface area contributed by atoms with E-state index in [2.05, 4.69) is 19.9 Å². The Morgan fingerprint density at radius 2 is 2.08 bits per heavy atom. The number of aryl methyl sites for hydroxylation is 1. The number of benzene rings is 1. The van der Waals surface area contributed by atoms with E-state index >= 15 is 0 Å². The van der Waals surface area contributed by atoms with Crippen LogP contribution in [-0.2, 0) is 23.6 Å². The van der Waals surface area contributed by atoms with Gasteiger partial charge in [-0.2, -0.15) is 10.1 Å². The van der Waals surface area contributed by atoms with Gasteiger partial charge in [-0.1, -0.05) is 29.3 Å². The van der Waals surface area contributed by atoms with E-state index in [1.807, 2.05) is 0 Å². The van der Waals surface area contributed by atoms with Crippen LogP contribution in [0.4, 0.5) is 5.95 Å². The molecule has 0 radical (unpaired) electrons. The first-order valence-electron chi connectivity index (χ1n) is 6.68. The van der Waals surface area contributed by atoms with E-state index in [1.54, 1.807) is 25.2 Å². The molecule has 1 aromatic carbocycles. The zero-order valence-corrected chi connectivity index (χ0v) is 14.7. The third-order valence-corrected chi connectivity index (χ3v) is 4.97. The summed E-state index contributed by atoms with van der Waals surface area (Å²) in [6, 6.07) is 5.11. The molecule has 24 heavy (non-hydrogen) atoms. The topological polar surface area (TPSA) is 94.7 Å². The number of nitrogens with one attached hydrogen (secondary N) is 1. The van der Waals surface area contributed by atoms with Gasteiger partial charge in [0.05, 0.1) is 12.7 Å². The van der Waals surface area contributed by atoms with Gasteiger partial charge in [0.25, 0.3) is 16.0 Å². The average Bonchev–Trinajstić information content (AvgIpc) is 3.11. The van der Waals surface area contributed by atoms with Crippen molar-refractivity contribution in [3.05, 3.63) is 52.5 Å². The highest BCUT2D eigenvalue weighted by Crippen LogP contribution is 2.21. The number of halogens is 2. The predicted molar refractivity (Wildman–Crippen MR) is 89.6 cm³/mol. The molecule has 3 aromatic rings. The molecule has 0 saturated carbocycles. The maximum Gasteiger partial charge on any atom is 0.267 e. The summed E-state index contributed by atoms with van der Waals surface area (Å²) < 4.78 is 29.5. The highest BCUT2D eigenvalue weighted by Gasteiger charge is 2.18. The van der Waals surface area contributed by atoms with Gasteiger partial charge in [-0.15, -0.1) is 5.10 Å². The molecule has 0 aliphatic heterocycles. The monoisotopic (exact) mass is 386 g/mol. The second-order valence-electron chi connectivity index (χ2n) is 4.96. The van der Waals surface area contributed by atoms with Gasteiger partial charge in [-0.25, -0.2) is 17.8 Å². The van der Waals surface area contributed by atoms with Crippen molar-refractivity contribution in [3.63, 3.8) is 0 Å². The van der Waals surface area contributed by atoms with Crippen LogP contribution in [0.1, 0.15) is 5.56 Å². The Bertz CT molecular complexity index is 982. The van der Waals surface area contributed by atoms with Crippen LogP contribution < -0.4 is 4.72 Å². The fraction of sp³-hybridized carbons (Fsp3) is 0.154. The molecule has 2 aromatic heterocycles. The maximum atomic E-state index is 12.2. The predicted octanol–water partition coefficient (Wildman–Crippen LogP) is 2.17. The number of hydrogen-bond acceptors (Lipinski definition) is 5. The van der Waals surface area contributed by atoms with Crippen molar-refractivity contribution in [1.29, 1.82) is 0 Å². The van der Waals surface area contributed by atoms with Crippen molar-refractivity contribution in [3.8, 4) is 0 Å². The normalized spacial score (nSPS) is 11.6. The second kappa shape index (κ2) is 6.42. The molecule has 3 rings (SSSR count). The van der Waals surface area contributed by atoms with Crippen LogP contribution in [-0.4, -0.2) is 33.0 Å². The van der Waals surface area contributed by atoms with Crippen LogP contribution in [0.3, 0.4) is 0 Å². The summed E-state index contributed by atoms with van der Waals surface area (Å²) in [5.41, 5.74) is 0.785. The van der Waals surface area contributed by atoms with Gasteiger partial charge in [-0.05, 0) is 17.7 Å². The summed E-state index contributed by atoms with van der Waals surface area (Å²) in [7, 11) is -2.15. The van der Waals surface area contributed by atoms with Gasteiger partial charge in [0, 0.05) is 23.3 Å². The van der Waals surface area contributed by atoms with Gasteiger partial charge in [0.1, 0.15) is 11.2 Å². The Labute approximate surface area is 148 Å². The number of rotatable bonds is 5. The Morgan fingerprint density at radius 1 is 1.29 bits per heavy atom. The van der Waals surface area contributed by atoms with E-state index in [9.17, 15) is 8.42 Å². The number of sulfonamides is 1. The van der Waals surface area contributed by atoms with E-state index in [4.69, 9.17) is 23.2 Å². The van der Waals surface area contributed by atoms with Gasteiger partial charge in [0.15, 0.2) is 0 Å². The summed E-state index contributed by atoms with van der Waals surface area (Å²) in [4.78, 5) is 3.97. The third kappa shape index (κ3) is 3.69. The summed E-state index contributed by atoms with van der Waals surface area (Å²) in [6.07, 6.45) is 4.03. The fourth-order valence-corrected chi connectivity index (χ4v) is 3.36. The van der Waals surface area contributed by atoms with Crippen LogP contribution in [0.25, 0.3) is 0 Å². The van der Waals surface area contributed by atoms with Crippen LogP contribution in [0, 0.1) is 0 Å². The molecule has 0 bridgehead atoms. The summed E-state index contributed by atoms with van der Waals surface area (Å²) in [5, 5.41) is 8.94. The lowest BCUT2D eigenvalue weighted by molar-refractivity contribution is 0.600. The molecule has 0 unspecified atom stereocenters. The number of anilines is 1. The Morgan fingerprint density at radius 3 is 2.75 bits per heavy atom. The maximum absolute atomic E-state index is 12.2. The molecule has 0 atom stereocenters. The molecular weight excluding hydrogens is 375 g/mol. The highest BCUT2D eigenvalue weighted by atomic mass is 35.5. The van der Waals surface area contributed by atoms with E-state index in [-0.39, 0.29) is 10.8 Å². The number of aromatic nitrogens is 5. The summed E-state index contributed by atoms with van der Waals surface area (Å²) in [6.45, 7) is 0.331. The minimum atomic E-state index is -3.78. The first kappa shape index (κ1) is 16.7. The molecular formula is C13H12Cl2N6O2S. The van der Waals surface area contributed by atoms with E-state index in [0.29, 0.717) is 16.6 Å². The molecule has 11 heteroatoms. The lowest BCUT2D eigenvalue weighted by atomic mass is 10.2. The average molecular weight is 387 g/mol. The van der Waals surface area contributed by atoms with E-state index in [1.165, 1.54) is 28.1 Å². The molecule has 0 fully saturated rings. The Balaban J connectivity index is 1.76. The van der Waals surface area contributed by atoms with Gasteiger partial charge >= 0.3 is 0 Å². The van der Waals surface area contributed by atoms with E-state index in [0.717, 1.165) is 5.56 Å². The van der Waals surface area contributed by atoms with Crippen molar-refractivity contribution in [2.75, 3.05) is 4.72 Å². The van der Waals surface area contributed by atoms with Crippen LogP contribution >= 0.6 is 23.2 Å². The standard InChI is InChI=1S/C13H12Cl2N6O2S/c1-20-7-11(5-17-20)24(22,23)19-13-16-8-21(18-13)6-9-2-3-10(14)4-12(9)15/h2-5,7-8H,6H2,1H3,(H,18,19). The molecule has 0 saturated heterocycles. The van der Waals surface area contributed by atoms with Gasteiger partial charge in [0.2, 0.25) is 0 Å². The smallest absolute Gasteiger partial charge is 0.267 e. The Kier molecular flexibility index (Phi) is 4.48. The van der Waals surface area contributed by atoms with Crippen LogP contribution in [0.2, 0.25) is 10.0 Å². The van der Waals surface area contributed by atoms with Crippen molar-refractivity contribution >= 4 is 39.2 Å². The van der Waals surface area contributed by atoms with Crippen molar-refractivity contribution in [1.82, 2.24) is 24.5 Å². The first-order valence-corrected chi connectivity index (χ1v) is 8.92. The molecule has 1 N–H and O–H groups in total. The molecule has 0 aliphatic carbocycles. The zero-order valence-electron chi connectivity index (χ0n) is 12.4. The SMILES string of the molecule is Cn1cc(S(=O)(=O)Nc2ncn(Cc3ccc(Cl)cc3Cl)n2)cn1. The van der Waals surface area contributed by atoms with Crippen molar-refractivity contribution < 1.29 is 8.42 Å². The van der Waals surface area contributed by atoms with Crippen molar-refractivity contribution in [2.45, 2.75) is 11.4 Å². The van der Waals surface area contributed by atoms with Crippen LogP contribution in [0.5, 0.6) is 0 Å². The summed E-state index contributed by atoms with van der Waals surface area (Å²) >= 11 is 12.0. The lowest BCUT2D eigenvalue weighted by Crippen LogP contribution is -2.14. The van der Waals surface area contributed by atoms with Crippen molar-refractivity contribution in [2.24, 2.45) is 7.05 Å².